The zero-order chi connectivity index (χ0) is 33.0. The number of hydrogen-bond donors (Lipinski definition) is 2. The highest BCUT2D eigenvalue weighted by atomic mass is 32.2. The van der Waals surface area contributed by atoms with Crippen LogP contribution in [0.5, 0.6) is 5.75 Å². The molecule has 4 aromatic rings. The summed E-state index contributed by atoms with van der Waals surface area (Å²) in [5, 5.41) is 18.6. The third kappa shape index (κ3) is 8.26. The van der Waals surface area contributed by atoms with Gasteiger partial charge in [-0.25, -0.2) is 14.5 Å². The molecule has 1 saturated heterocycles. The summed E-state index contributed by atoms with van der Waals surface area (Å²) in [5.41, 5.74) is 5.40. The Morgan fingerprint density at radius 2 is 1.83 bits per heavy atom. The van der Waals surface area contributed by atoms with Crippen LogP contribution in [0.1, 0.15) is 49.8 Å². The van der Waals surface area contributed by atoms with E-state index >= 15 is 0 Å². The van der Waals surface area contributed by atoms with Gasteiger partial charge in [-0.1, -0.05) is 62.0 Å². The number of aliphatic hydroxyl groups excluding tert-OH is 1. The molecule has 2 unspecified atom stereocenters. The summed E-state index contributed by atoms with van der Waals surface area (Å²) >= 11 is 1.36. The Morgan fingerprint density at radius 1 is 1.11 bits per heavy atom. The number of amides is 2. The highest BCUT2D eigenvalue weighted by Gasteiger charge is 2.33. The number of aliphatic hydroxyl groups is 1. The van der Waals surface area contributed by atoms with Gasteiger partial charge in [0, 0.05) is 23.0 Å². The van der Waals surface area contributed by atoms with E-state index in [2.05, 4.69) is 45.0 Å². The molecular formula is C33H35F3N6O3S. The van der Waals surface area contributed by atoms with Gasteiger partial charge in [0.05, 0.1) is 5.69 Å². The number of amidine groups is 1. The molecule has 0 radical (unpaired) electrons. The van der Waals surface area contributed by atoms with E-state index in [-0.39, 0.29) is 17.7 Å². The molecule has 2 amide bonds. The van der Waals surface area contributed by atoms with E-state index in [0.717, 1.165) is 27.9 Å². The molecule has 3 aromatic carbocycles. The molecule has 0 aliphatic carbocycles. The number of benzene rings is 3. The molecule has 2 N–H and O–H groups in total. The molecule has 1 aromatic heterocycles. The molecule has 2 atom stereocenters. The summed E-state index contributed by atoms with van der Waals surface area (Å²) in [7, 11) is 0. The van der Waals surface area contributed by atoms with Crippen molar-refractivity contribution in [3.63, 3.8) is 0 Å². The number of urea groups is 1. The third-order valence-electron chi connectivity index (χ3n) is 7.41. The van der Waals surface area contributed by atoms with E-state index in [0.29, 0.717) is 35.3 Å². The smallest absolute Gasteiger partial charge is 0.406 e. The molecule has 0 bridgehead atoms. The van der Waals surface area contributed by atoms with Crippen molar-refractivity contribution in [2.24, 2.45) is 4.99 Å². The van der Waals surface area contributed by atoms with E-state index in [1.807, 2.05) is 50.2 Å². The fourth-order valence-corrected chi connectivity index (χ4v) is 6.00. The monoisotopic (exact) mass is 652 g/mol. The number of aryl methyl sites for hydroxylation is 2. The van der Waals surface area contributed by atoms with Gasteiger partial charge in [0.2, 0.25) is 0 Å². The van der Waals surface area contributed by atoms with Crippen molar-refractivity contribution in [2.45, 2.75) is 65.1 Å². The maximum atomic E-state index is 12.9. The van der Waals surface area contributed by atoms with Gasteiger partial charge >= 0.3 is 12.4 Å². The number of ether oxygens (including phenoxy) is 1. The summed E-state index contributed by atoms with van der Waals surface area (Å²) in [6.07, 6.45) is -2.63. The first-order chi connectivity index (χ1) is 21.9. The molecule has 2 heterocycles. The number of rotatable bonds is 9. The second-order valence-corrected chi connectivity index (χ2v) is 12.4. The van der Waals surface area contributed by atoms with E-state index in [4.69, 9.17) is 0 Å². The van der Waals surface area contributed by atoms with Crippen molar-refractivity contribution >= 4 is 28.6 Å². The third-order valence-corrected chi connectivity index (χ3v) is 8.42. The van der Waals surface area contributed by atoms with Crippen LogP contribution < -0.4 is 15.0 Å². The van der Waals surface area contributed by atoms with Crippen LogP contribution >= 0.6 is 11.8 Å². The normalized spacial score (nSPS) is 16.7. The summed E-state index contributed by atoms with van der Waals surface area (Å²) in [5.74, 6) is 0.818. The molecule has 1 aliphatic rings. The minimum atomic E-state index is -4.75. The van der Waals surface area contributed by atoms with Crippen LogP contribution in [0.15, 0.2) is 78.0 Å². The number of halogens is 3. The summed E-state index contributed by atoms with van der Waals surface area (Å²) in [6.45, 7) is 8.12. The minimum Gasteiger partial charge on any atom is -0.406 e. The number of thioether (sulfide) groups is 1. The Bertz CT molecular complexity index is 1690. The average Bonchev–Trinajstić information content (AvgIpc) is 3.63. The fourth-order valence-electron chi connectivity index (χ4n) is 5.05. The summed E-state index contributed by atoms with van der Waals surface area (Å²) in [4.78, 5) is 23.3. The molecule has 9 nitrogen and oxygen atoms in total. The van der Waals surface area contributed by atoms with Gasteiger partial charge in [0.1, 0.15) is 18.3 Å². The molecule has 5 rings (SSSR count). The predicted molar refractivity (Wildman–Crippen MR) is 173 cm³/mol. The van der Waals surface area contributed by atoms with Gasteiger partial charge in [0.15, 0.2) is 11.0 Å². The highest BCUT2D eigenvalue weighted by Crippen LogP contribution is 2.35. The maximum Gasteiger partial charge on any atom is 0.573 e. The number of aromatic nitrogens is 3. The van der Waals surface area contributed by atoms with Crippen molar-refractivity contribution in [3.05, 3.63) is 89.7 Å². The van der Waals surface area contributed by atoms with Crippen LogP contribution in [0.3, 0.4) is 0 Å². The van der Waals surface area contributed by atoms with Crippen LogP contribution in [0.25, 0.3) is 17.1 Å². The molecule has 1 fully saturated rings. The van der Waals surface area contributed by atoms with Crippen LogP contribution in [0, 0.1) is 6.92 Å². The van der Waals surface area contributed by atoms with Crippen molar-refractivity contribution in [2.75, 3.05) is 10.7 Å². The number of alkyl halides is 3. The Morgan fingerprint density at radius 3 is 2.50 bits per heavy atom. The van der Waals surface area contributed by atoms with E-state index in [1.165, 1.54) is 47.0 Å². The largest absolute Gasteiger partial charge is 0.573 e. The van der Waals surface area contributed by atoms with Gasteiger partial charge < -0.3 is 15.2 Å². The molecule has 13 heteroatoms. The molecular weight excluding hydrogens is 617 g/mol. The van der Waals surface area contributed by atoms with Crippen LogP contribution in [-0.4, -0.2) is 55.5 Å². The first-order valence-corrected chi connectivity index (χ1v) is 15.8. The number of hydrogen-bond acceptors (Lipinski definition) is 6. The van der Waals surface area contributed by atoms with Crippen molar-refractivity contribution in [3.8, 4) is 22.8 Å². The Hall–Kier alpha value is -4.36. The predicted octanol–water partition coefficient (Wildman–Crippen LogP) is 7.22. The van der Waals surface area contributed by atoms with Crippen LogP contribution in [0.4, 0.5) is 23.7 Å². The van der Waals surface area contributed by atoms with Crippen molar-refractivity contribution in [1.29, 1.82) is 0 Å². The Balaban J connectivity index is 1.16. The number of carbonyl (C=O) groups is 1. The topological polar surface area (TPSA) is 105 Å². The first kappa shape index (κ1) is 33.0. The molecule has 242 valence electrons. The number of anilines is 1. The van der Waals surface area contributed by atoms with Gasteiger partial charge in [-0.2, -0.15) is 4.99 Å². The zero-order valence-electron chi connectivity index (χ0n) is 25.8. The summed E-state index contributed by atoms with van der Waals surface area (Å²) in [6, 6.07) is 18.6. The minimum absolute atomic E-state index is 0.142. The second-order valence-electron chi connectivity index (χ2n) is 11.4. The number of carbonyl (C=O) groups excluding carboxylic acids is 1. The first-order valence-electron chi connectivity index (χ1n) is 14.8. The standard InChI is InChI=1S/C33H35F3N6O3S/c1-20(2)27-16-5-21(3)17-28(27)42-29(43)18-46-32(42)39-31(44)38-22(4)6-7-23-8-10-24(11-9-23)30-37-19-41(40-30)25-12-14-26(15-13-25)45-33(34,35)36/h5,8-17,19-20,22,29,43H,6-7,18H2,1-4H3,(H,38,44)/b39-32-. The average molecular weight is 653 g/mol. The second kappa shape index (κ2) is 14.0. The van der Waals surface area contributed by atoms with E-state index in [9.17, 15) is 23.1 Å². The SMILES string of the molecule is Cc1ccc(C(C)C)c(N2/C(=N/C(=O)NC(C)CCc3ccc(-c4ncn(-c5ccc(OC(F)(F)F)cc5)n4)cc3)SCC2O)c1. The Labute approximate surface area is 269 Å². The van der Waals surface area contributed by atoms with Gasteiger partial charge in [-0.05, 0) is 79.6 Å². The highest BCUT2D eigenvalue weighted by molar-refractivity contribution is 8.14. The molecule has 0 spiro atoms. The Kier molecular flexibility index (Phi) is 10.0. The van der Waals surface area contributed by atoms with E-state index < -0.39 is 18.6 Å². The lowest BCUT2D eigenvalue weighted by atomic mass is 9.98. The lowest BCUT2D eigenvalue weighted by Gasteiger charge is -2.26. The molecule has 0 saturated carbocycles. The van der Waals surface area contributed by atoms with Crippen LogP contribution in [-0.2, 0) is 6.42 Å². The maximum absolute atomic E-state index is 12.9. The summed E-state index contributed by atoms with van der Waals surface area (Å²) < 4.78 is 42.6. The quantitative estimate of drug-likeness (QED) is 0.197. The number of nitrogens with one attached hydrogen (secondary N) is 1. The van der Waals surface area contributed by atoms with Crippen LogP contribution in [0.2, 0.25) is 0 Å². The van der Waals surface area contributed by atoms with Gasteiger partial charge in [0.25, 0.3) is 0 Å². The van der Waals surface area contributed by atoms with Gasteiger partial charge in [-0.15, -0.1) is 18.3 Å². The van der Waals surface area contributed by atoms with Gasteiger partial charge in [-0.3, -0.25) is 4.90 Å². The molecule has 46 heavy (non-hydrogen) atoms. The lowest BCUT2D eigenvalue weighted by Crippen LogP contribution is -2.37. The fraction of sp³-hybridized carbons (Fsp3) is 0.333. The lowest BCUT2D eigenvalue weighted by molar-refractivity contribution is -0.274. The number of nitrogens with zero attached hydrogens (tertiary/aromatic N) is 5. The van der Waals surface area contributed by atoms with E-state index in [1.54, 1.807) is 4.90 Å². The zero-order valence-corrected chi connectivity index (χ0v) is 26.6. The molecule has 1 aliphatic heterocycles. The van der Waals surface area contributed by atoms with Crippen molar-refractivity contribution < 1.29 is 27.8 Å². The number of aliphatic imine (C=N–C) groups is 1. The van der Waals surface area contributed by atoms with Crippen molar-refractivity contribution in [1.82, 2.24) is 20.1 Å².